The zero-order valence-electron chi connectivity index (χ0n) is 11.3. The number of hydrogen-bond donors (Lipinski definition) is 1. The van der Waals surface area contributed by atoms with Crippen LogP contribution in [0, 0.1) is 10.1 Å². The first-order chi connectivity index (χ1) is 9.51. The summed E-state index contributed by atoms with van der Waals surface area (Å²) in [5.74, 6) is 0. The van der Waals surface area contributed by atoms with E-state index in [0.717, 1.165) is 5.56 Å². The molecule has 6 heteroatoms. The molecule has 1 aromatic carbocycles. The van der Waals surface area contributed by atoms with Gasteiger partial charge in [-0.25, -0.2) is 0 Å². The topological polar surface area (TPSA) is 60.1 Å². The predicted octanol–water partition coefficient (Wildman–Crippen LogP) is 3.38. The first-order valence-electron chi connectivity index (χ1n) is 6.27. The van der Waals surface area contributed by atoms with Crippen molar-refractivity contribution in [2.24, 2.45) is 0 Å². The highest BCUT2D eigenvalue weighted by atomic mass is 35.5. The van der Waals surface area contributed by atoms with Crippen LogP contribution in [0.25, 0.3) is 0 Å². The van der Waals surface area contributed by atoms with Crippen molar-refractivity contribution in [2.75, 3.05) is 7.05 Å². The third-order valence-corrected chi connectivity index (χ3v) is 3.53. The van der Waals surface area contributed by atoms with Gasteiger partial charge < -0.3 is 9.88 Å². The smallest absolute Gasteiger partial charge is 0.274 e. The third kappa shape index (κ3) is 3.18. The van der Waals surface area contributed by atoms with Gasteiger partial charge in [-0.05, 0) is 37.7 Å². The molecule has 106 valence electrons. The highest BCUT2D eigenvalue weighted by Crippen LogP contribution is 2.24. The van der Waals surface area contributed by atoms with E-state index in [2.05, 4.69) is 12.2 Å². The summed E-state index contributed by atoms with van der Waals surface area (Å²) in [5, 5.41) is 14.7. The third-order valence-electron chi connectivity index (χ3n) is 3.30. The molecule has 0 aliphatic heterocycles. The van der Waals surface area contributed by atoms with E-state index < -0.39 is 0 Å². The molecule has 1 unspecified atom stereocenters. The van der Waals surface area contributed by atoms with E-state index >= 15 is 0 Å². The molecule has 2 rings (SSSR count). The number of nitrogens with one attached hydrogen (secondary N) is 1. The van der Waals surface area contributed by atoms with Gasteiger partial charge in [-0.15, -0.1) is 0 Å². The maximum absolute atomic E-state index is 11.0. The predicted molar refractivity (Wildman–Crippen MR) is 79.1 cm³/mol. The molecule has 0 bridgehead atoms. The molecule has 0 saturated heterocycles. The lowest BCUT2D eigenvalue weighted by Gasteiger charge is -2.08. The fourth-order valence-corrected chi connectivity index (χ4v) is 2.23. The fourth-order valence-electron chi connectivity index (χ4n) is 2.04. The summed E-state index contributed by atoms with van der Waals surface area (Å²) in [6.07, 6.45) is 3.89. The summed E-state index contributed by atoms with van der Waals surface area (Å²) in [5.41, 5.74) is 1.82. The average Bonchev–Trinajstić information content (AvgIpc) is 2.86. The molecule has 1 N–H and O–H groups in total. The quantitative estimate of drug-likeness (QED) is 0.679. The SMILES string of the molecule is CNC(C)c1ccn(Cc2cc(Cl)ccc2[N+](=O)[O-])c1. The monoisotopic (exact) mass is 293 g/mol. The Morgan fingerprint density at radius 3 is 2.85 bits per heavy atom. The number of benzene rings is 1. The summed E-state index contributed by atoms with van der Waals surface area (Å²) in [7, 11) is 1.89. The zero-order chi connectivity index (χ0) is 14.7. The Morgan fingerprint density at radius 2 is 2.20 bits per heavy atom. The van der Waals surface area contributed by atoms with Crippen LogP contribution in [0.1, 0.15) is 24.1 Å². The Morgan fingerprint density at radius 1 is 1.45 bits per heavy atom. The molecule has 20 heavy (non-hydrogen) atoms. The molecule has 2 aromatic rings. The lowest BCUT2D eigenvalue weighted by atomic mass is 10.2. The molecule has 0 spiro atoms. The van der Waals surface area contributed by atoms with Gasteiger partial charge in [0.2, 0.25) is 0 Å². The second-order valence-electron chi connectivity index (χ2n) is 4.66. The molecule has 5 nitrogen and oxygen atoms in total. The number of nitro groups is 1. The van der Waals surface area contributed by atoms with E-state index in [0.29, 0.717) is 17.1 Å². The van der Waals surface area contributed by atoms with Gasteiger partial charge in [0.25, 0.3) is 5.69 Å². The first-order valence-corrected chi connectivity index (χ1v) is 6.65. The van der Waals surface area contributed by atoms with Gasteiger partial charge in [0.1, 0.15) is 0 Å². The molecule has 0 aliphatic rings. The molecule has 1 atom stereocenters. The van der Waals surface area contributed by atoms with Crippen molar-refractivity contribution in [3.8, 4) is 0 Å². The van der Waals surface area contributed by atoms with Crippen molar-refractivity contribution in [3.63, 3.8) is 0 Å². The molecular formula is C14H16ClN3O2. The minimum Gasteiger partial charge on any atom is -0.349 e. The fraction of sp³-hybridized carbons (Fsp3) is 0.286. The van der Waals surface area contributed by atoms with E-state index in [1.165, 1.54) is 12.1 Å². The van der Waals surface area contributed by atoms with E-state index in [1.54, 1.807) is 6.07 Å². The molecule has 0 aliphatic carbocycles. The molecule has 0 saturated carbocycles. The Balaban J connectivity index is 2.27. The summed E-state index contributed by atoms with van der Waals surface area (Å²) in [6, 6.07) is 6.86. The summed E-state index contributed by atoms with van der Waals surface area (Å²) in [6.45, 7) is 2.48. The Labute approximate surface area is 122 Å². The van der Waals surface area contributed by atoms with Crippen LogP contribution in [-0.2, 0) is 6.54 Å². The Kier molecular flexibility index (Phi) is 4.42. The highest BCUT2D eigenvalue weighted by molar-refractivity contribution is 6.30. The number of rotatable bonds is 5. The maximum Gasteiger partial charge on any atom is 0.274 e. The van der Waals surface area contributed by atoms with Crippen LogP contribution in [-0.4, -0.2) is 16.5 Å². The number of nitrogens with zero attached hydrogens (tertiary/aromatic N) is 2. The molecule has 0 radical (unpaired) electrons. The van der Waals surface area contributed by atoms with Crippen molar-refractivity contribution in [1.82, 2.24) is 9.88 Å². The van der Waals surface area contributed by atoms with Crippen molar-refractivity contribution >= 4 is 17.3 Å². The van der Waals surface area contributed by atoms with E-state index in [1.807, 2.05) is 30.1 Å². The summed E-state index contributed by atoms with van der Waals surface area (Å²) >= 11 is 5.92. The van der Waals surface area contributed by atoms with Crippen molar-refractivity contribution in [1.29, 1.82) is 0 Å². The minimum absolute atomic E-state index is 0.0892. The highest BCUT2D eigenvalue weighted by Gasteiger charge is 2.14. The van der Waals surface area contributed by atoms with Gasteiger partial charge >= 0.3 is 0 Å². The van der Waals surface area contributed by atoms with Crippen LogP contribution in [0.2, 0.25) is 5.02 Å². The number of hydrogen-bond acceptors (Lipinski definition) is 3. The molecule has 1 heterocycles. The van der Waals surface area contributed by atoms with Crippen LogP contribution in [0.4, 0.5) is 5.69 Å². The van der Waals surface area contributed by atoms with E-state index in [9.17, 15) is 10.1 Å². The summed E-state index contributed by atoms with van der Waals surface area (Å²) in [4.78, 5) is 10.6. The molecule has 1 aromatic heterocycles. The zero-order valence-corrected chi connectivity index (χ0v) is 12.1. The van der Waals surface area contributed by atoms with E-state index in [-0.39, 0.29) is 16.7 Å². The van der Waals surface area contributed by atoms with Gasteiger partial charge in [0, 0.05) is 29.5 Å². The lowest BCUT2D eigenvalue weighted by Crippen LogP contribution is -2.11. The second-order valence-corrected chi connectivity index (χ2v) is 5.09. The van der Waals surface area contributed by atoms with Gasteiger partial charge in [-0.3, -0.25) is 10.1 Å². The van der Waals surface area contributed by atoms with Crippen LogP contribution < -0.4 is 5.32 Å². The average molecular weight is 294 g/mol. The van der Waals surface area contributed by atoms with Crippen LogP contribution in [0.15, 0.2) is 36.7 Å². The molecular weight excluding hydrogens is 278 g/mol. The number of nitro benzene ring substituents is 1. The van der Waals surface area contributed by atoms with Gasteiger partial charge in [0.05, 0.1) is 17.0 Å². The van der Waals surface area contributed by atoms with Crippen LogP contribution in [0.3, 0.4) is 0 Å². The number of halogens is 1. The second kappa shape index (κ2) is 6.07. The number of aromatic nitrogens is 1. The standard InChI is InChI=1S/C14H16ClN3O2/c1-10(16-2)11-5-6-17(8-11)9-12-7-13(15)3-4-14(12)18(19)20/h3-8,10,16H,9H2,1-2H3. The maximum atomic E-state index is 11.0. The van der Waals surface area contributed by atoms with Crippen molar-refractivity contribution in [2.45, 2.75) is 19.5 Å². The van der Waals surface area contributed by atoms with Crippen LogP contribution in [0.5, 0.6) is 0 Å². The Bertz CT molecular complexity index is 625. The van der Waals surface area contributed by atoms with Crippen molar-refractivity contribution < 1.29 is 4.92 Å². The lowest BCUT2D eigenvalue weighted by molar-refractivity contribution is -0.385. The normalized spacial score (nSPS) is 12.3. The molecule has 0 amide bonds. The largest absolute Gasteiger partial charge is 0.349 e. The van der Waals surface area contributed by atoms with E-state index in [4.69, 9.17) is 11.6 Å². The van der Waals surface area contributed by atoms with Gasteiger partial charge in [-0.1, -0.05) is 11.6 Å². The first kappa shape index (κ1) is 14.6. The summed E-state index contributed by atoms with van der Waals surface area (Å²) < 4.78 is 1.92. The Hall–Kier alpha value is -1.85. The minimum atomic E-state index is -0.383. The van der Waals surface area contributed by atoms with Gasteiger partial charge in [-0.2, -0.15) is 0 Å². The van der Waals surface area contributed by atoms with Gasteiger partial charge in [0.15, 0.2) is 0 Å². The van der Waals surface area contributed by atoms with Crippen molar-refractivity contribution in [3.05, 3.63) is 62.9 Å². The molecule has 0 fully saturated rings. The van der Waals surface area contributed by atoms with Crippen LogP contribution >= 0.6 is 11.6 Å².